The molecule has 0 aliphatic heterocycles. The number of halogens is 2. The van der Waals surface area contributed by atoms with Gasteiger partial charge in [-0.2, -0.15) is 0 Å². The second-order valence-electron chi connectivity index (χ2n) is 3.48. The van der Waals surface area contributed by atoms with E-state index in [2.05, 4.69) is 4.98 Å². The summed E-state index contributed by atoms with van der Waals surface area (Å²) in [5.74, 6) is -0.331. The smallest absolute Gasteiger partial charge is 0.132 e. The van der Waals surface area contributed by atoms with Crippen molar-refractivity contribution in [3.63, 3.8) is 0 Å². The standard InChI is InChI=1S/C11H11ClFN3/c1-16-6-15-10(5-14)11(16)8-4-7(12)2-3-9(8)13/h2-4,6H,5,14H2,1H3. The lowest BCUT2D eigenvalue weighted by atomic mass is 10.1. The van der Waals surface area contributed by atoms with Gasteiger partial charge in [-0.15, -0.1) is 0 Å². The first kappa shape index (κ1) is 11.1. The molecule has 2 rings (SSSR count). The molecular weight excluding hydrogens is 229 g/mol. The van der Waals surface area contributed by atoms with Crippen LogP contribution in [0, 0.1) is 5.82 Å². The largest absolute Gasteiger partial charge is 0.333 e. The average molecular weight is 240 g/mol. The summed E-state index contributed by atoms with van der Waals surface area (Å²) in [6.45, 7) is 0.266. The highest BCUT2D eigenvalue weighted by Gasteiger charge is 2.14. The molecule has 5 heteroatoms. The monoisotopic (exact) mass is 239 g/mol. The normalized spacial score (nSPS) is 10.8. The summed E-state index contributed by atoms with van der Waals surface area (Å²) >= 11 is 5.85. The molecule has 0 spiro atoms. The molecule has 3 nitrogen and oxygen atoms in total. The van der Waals surface area contributed by atoms with E-state index in [1.54, 1.807) is 24.0 Å². The van der Waals surface area contributed by atoms with Crippen LogP contribution in [0.5, 0.6) is 0 Å². The first-order valence-corrected chi connectivity index (χ1v) is 5.17. The van der Waals surface area contributed by atoms with Crippen LogP contribution in [0.2, 0.25) is 5.02 Å². The van der Waals surface area contributed by atoms with E-state index in [-0.39, 0.29) is 12.4 Å². The summed E-state index contributed by atoms with van der Waals surface area (Å²) in [5.41, 5.74) is 7.31. The van der Waals surface area contributed by atoms with Crippen LogP contribution >= 0.6 is 11.6 Å². The number of nitrogens with two attached hydrogens (primary N) is 1. The number of rotatable bonds is 2. The van der Waals surface area contributed by atoms with Crippen LogP contribution in [0.1, 0.15) is 5.69 Å². The van der Waals surface area contributed by atoms with E-state index in [9.17, 15) is 4.39 Å². The van der Waals surface area contributed by atoms with Gasteiger partial charge in [-0.3, -0.25) is 0 Å². The highest BCUT2D eigenvalue weighted by molar-refractivity contribution is 6.30. The minimum absolute atomic E-state index is 0.266. The lowest BCUT2D eigenvalue weighted by Crippen LogP contribution is -2.01. The van der Waals surface area contributed by atoms with Crippen LogP contribution in [0.15, 0.2) is 24.5 Å². The zero-order valence-electron chi connectivity index (χ0n) is 8.74. The Balaban J connectivity index is 2.66. The fourth-order valence-electron chi connectivity index (χ4n) is 1.65. The van der Waals surface area contributed by atoms with Gasteiger partial charge in [0.15, 0.2) is 0 Å². The molecule has 84 valence electrons. The second kappa shape index (κ2) is 4.23. The van der Waals surface area contributed by atoms with Gasteiger partial charge in [-0.05, 0) is 18.2 Å². The Bertz CT molecular complexity index is 522. The molecule has 1 aromatic heterocycles. The Kier molecular flexibility index (Phi) is 2.94. The van der Waals surface area contributed by atoms with Gasteiger partial charge in [0.25, 0.3) is 0 Å². The Morgan fingerprint density at radius 1 is 1.50 bits per heavy atom. The van der Waals surface area contributed by atoms with Gasteiger partial charge in [0.1, 0.15) is 5.82 Å². The summed E-state index contributed by atoms with van der Waals surface area (Å²) in [4.78, 5) is 4.11. The molecule has 0 amide bonds. The Hall–Kier alpha value is -1.39. The van der Waals surface area contributed by atoms with Gasteiger partial charge in [-0.25, -0.2) is 9.37 Å². The summed E-state index contributed by atoms with van der Waals surface area (Å²) < 4.78 is 15.4. The SMILES string of the molecule is Cn1cnc(CN)c1-c1cc(Cl)ccc1F. The molecule has 0 radical (unpaired) electrons. The predicted molar refractivity (Wildman–Crippen MR) is 61.5 cm³/mol. The van der Waals surface area contributed by atoms with Crippen molar-refractivity contribution in [3.05, 3.63) is 41.1 Å². The van der Waals surface area contributed by atoms with Gasteiger partial charge in [-0.1, -0.05) is 11.6 Å². The molecule has 0 bridgehead atoms. The number of hydrogen-bond acceptors (Lipinski definition) is 2. The van der Waals surface area contributed by atoms with Crippen molar-refractivity contribution in [2.24, 2.45) is 12.8 Å². The summed E-state index contributed by atoms with van der Waals surface area (Å²) in [6, 6.07) is 4.43. The van der Waals surface area contributed by atoms with Crippen LogP contribution in [0.3, 0.4) is 0 Å². The molecule has 2 N–H and O–H groups in total. The van der Waals surface area contributed by atoms with Crippen molar-refractivity contribution in [3.8, 4) is 11.3 Å². The molecule has 1 heterocycles. The van der Waals surface area contributed by atoms with Crippen molar-refractivity contribution in [2.75, 3.05) is 0 Å². The van der Waals surface area contributed by atoms with Crippen LogP contribution in [-0.4, -0.2) is 9.55 Å². The van der Waals surface area contributed by atoms with E-state index < -0.39 is 0 Å². The number of nitrogens with zero attached hydrogens (tertiary/aromatic N) is 2. The van der Waals surface area contributed by atoms with E-state index in [1.807, 2.05) is 0 Å². The molecule has 2 aromatic rings. The maximum absolute atomic E-state index is 13.7. The number of aromatic nitrogens is 2. The highest BCUT2D eigenvalue weighted by Crippen LogP contribution is 2.27. The predicted octanol–water partition coefficient (Wildman–Crippen LogP) is 2.34. The van der Waals surface area contributed by atoms with E-state index in [0.717, 1.165) is 0 Å². The summed E-state index contributed by atoms with van der Waals surface area (Å²) in [6.07, 6.45) is 1.61. The molecule has 1 aromatic carbocycles. The fourth-order valence-corrected chi connectivity index (χ4v) is 1.82. The van der Waals surface area contributed by atoms with E-state index in [1.165, 1.54) is 12.1 Å². The van der Waals surface area contributed by atoms with Gasteiger partial charge >= 0.3 is 0 Å². The fraction of sp³-hybridized carbons (Fsp3) is 0.182. The first-order valence-electron chi connectivity index (χ1n) is 4.79. The Morgan fingerprint density at radius 2 is 2.25 bits per heavy atom. The topological polar surface area (TPSA) is 43.8 Å². The van der Waals surface area contributed by atoms with Crippen molar-refractivity contribution in [1.29, 1.82) is 0 Å². The third-order valence-corrected chi connectivity index (χ3v) is 2.62. The number of benzene rings is 1. The van der Waals surface area contributed by atoms with Crippen molar-refractivity contribution >= 4 is 11.6 Å². The third kappa shape index (κ3) is 1.81. The molecule has 0 atom stereocenters. The van der Waals surface area contributed by atoms with Gasteiger partial charge in [0.2, 0.25) is 0 Å². The quantitative estimate of drug-likeness (QED) is 0.874. The van der Waals surface area contributed by atoms with Crippen molar-refractivity contribution in [2.45, 2.75) is 6.54 Å². The van der Waals surface area contributed by atoms with Gasteiger partial charge < -0.3 is 10.3 Å². The third-order valence-electron chi connectivity index (χ3n) is 2.39. The molecule has 0 fully saturated rings. The zero-order chi connectivity index (χ0) is 11.7. The first-order chi connectivity index (χ1) is 7.63. The molecular formula is C11H11ClFN3. The summed E-state index contributed by atoms with van der Waals surface area (Å²) in [7, 11) is 1.79. The maximum Gasteiger partial charge on any atom is 0.132 e. The molecule has 0 saturated carbocycles. The Morgan fingerprint density at radius 3 is 2.94 bits per heavy atom. The van der Waals surface area contributed by atoms with E-state index in [0.29, 0.717) is 22.0 Å². The molecule has 16 heavy (non-hydrogen) atoms. The molecule has 0 unspecified atom stereocenters. The minimum atomic E-state index is -0.331. The van der Waals surface area contributed by atoms with Gasteiger partial charge in [0, 0.05) is 24.2 Å². The van der Waals surface area contributed by atoms with Crippen molar-refractivity contribution in [1.82, 2.24) is 9.55 Å². The molecule has 0 aliphatic carbocycles. The van der Waals surface area contributed by atoms with Crippen LogP contribution in [0.25, 0.3) is 11.3 Å². The number of hydrogen-bond donors (Lipinski definition) is 1. The number of aryl methyl sites for hydroxylation is 1. The second-order valence-corrected chi connectivity index (χ2v) is 3.92. The number of imidazole rings is 1. The zero-order valence-corrected chi connectivity index (χ0v) is 9.50. The van der Waals surface area contributed by atoms with Crippen LogP contribution < -0.4 is 5.73 Å². The highest BCUT2D eigenvalue weighted by atomic mass is 35.5. The summed E-state index contributed by atoms with van der Waals surface area (Å²) in [5, 5.41) is 0.487. The minimum Gasteiger partial charge on any atom is -0.333 e. The lowest BCUT2D eigenvalue weighted by Gasteiger charge is -2.07. The Labute approximate surface area is 97.7 Å². The lowest BCUT2D eigenvalue weighted by molar-refractivity contribution is 0.629. The van der Waals surface area contributed by atoms with Crippen LogP contribution in [-0.2, 0) is 13.6 Å². The van der Waals surface area contributed by atoms with E-state index in [4.69, 9.17) is 17.3 Å². The van der Waals surface area contributed by atoms with Crippen molar-refractivity contribution < 1.29 is 4.39 Å². The van der Waals surface area contributed by atoms with E-state index >= 15 is 0 Å². The molecule has 0 saturated heterocycles. The van der Waals surface area contributed by atoms with Gasteiger partial charge in [0.05, 0.1) is 17.7 Å². The average Bonchev–Trinajstić information content (AvgIpc) is 2.63. The molecule has 0 aliphatic rings. The maximum atomic E-state index is 13.7. The van der Waals surface area contributed by atoms with Crippen LogP contribution in [0.4, 0.5) is 4.39 Å².